The normalized spacial score (nSPS) is 10.4. The molecule has 0 aliphatic heterocycles. The van der Waals surface area contributed by atoms with Crippen LogP contribution in [0.3, 0.4) is 0 Å². The molecule has 3 aromatic carbocycles. The minimum absolute atomic E-state index is 0.335. The zero-order valence-electron chi connectivity index (χ0n) is 12.7. The van der Waals surface area contributed by atoms with E-state index < -0.39 is 5.97 Å². The highest BCUT2D eigenvalue weighted by molar-refractivity contribution is 9.10. The first-order chi connectivity index (χ1) is 11.6. The fourth-order valence-electron chi connectivity index (χ4n) is 2.29. The first kappa shape index (κ1) is 16.2. The average molecular weight is 384 g/mol. The molecule has 0 fully saturated rings. The van der Waals surface area contributed by atoms with Crippen LogP contribution >= 0.6 is 15.9 Å². The van der Waals surface area contributed by atoms with Crippen molar-refractivity contribution in [1.82, 2.24) is 0 Å². The third-order valence-electron chi connectivity index (χ3n) is 3.43. The molecule has 3 aromatic rings. The van der Waals surface area contributed by atoms with Crippen molar-refractivity contribution in [3.63, 3.8) is 0 Å². The third-order valence-corrected chi connectivity index (χ3v) is 3.92. The fourth-order valence-corrected chi connectivity index (χ4v) is 2.69. The molecule has 0 saturated carbocycles. The highest BCUT2D eigenvalue weighted by atomic mass is 79.9. The molecule has 0 heterocycles. The van der Waals surface area contributed by atoms with Crippen molar-refractivity contribution in [2.45, 2.75) is 0 Å². The lowest BCUT2D eigenvalue weighted by Crippen LogP contribution is -2.20. The molecule has 1 amide bonds. The lowest BCUT2D eigenvalue weighted by molar-refractivity contribution is -0.119. The van der Waals surface area contributed by atoms with Gasteiger partial charge in [0.25, 0.3) is 5.91 Å². The summed E-state index contributed by atoms with van der Waals surface area (Å²) in [6.45, 7) is -0.335. The molecule has 0 unspecified atom stereocenters. The van der Waals surface area contributed by atoms with E-state index in [4.69, 9.17) is 4.74 Å². The number of hydrogen-bond donors (Lipinski definition) is 1. The van der Waals surface area contributed by atoms with Gasteiger partial charge in [-0.05, 0) is 41.1 Å². The van der Waals surface area contributed by atoms with Crippen LogP contribution in [0.1, 0.15) is 10.4 Å². The predicted octanol–water partition coefficient (Wildman–Crippen LogP) is 4.40. The number of anilines is 1. The lowest BCUT2D eigenvalue weighted by atomic mass is 10.1. The number of fused-ring (bicyclic) bond motifs is 1. The zero-order valence-corrected chi connectivity index (χ0v) is 14.2. The van der Waals surface area contributed by atoms with E-state index in [1.165, 1.54) is 0 Å². The second kappa shape index (κ2) is 7.27. The molecule has 120 valence electrons. The summed E-state index contributed by atoms with van der Waals surface area (Å²) in [4.78, 5) is 23.9. The standard InChI is InChI=1S/C19H14BrNO3/c20-16-7-3-6-15(10-16)19(23)24-12-18(22)21-17-9-8-13-4-1-2-5-14(13)11-17/h1-11H,12H2,(H,21,22). The number of benzene rings is 3. The Morgan fingerprint density at radius 1 is 0.917 bits per heavy atom. The van der Waals surface area contributed by atoms with Gasteiger partial charge in [-0.25, -0.2) is 4.79 Å². The highest BCUT2D eigenvalue weighted by Crippen LogP contribution is 2.18. The van der Waals surface area contributed by atoms with E-state index in [2.05, 4.69) is 21.2 Å². The Balaban J connectivity index is 1.59. The Hall–Kier alpha value is -2.66. The second-order valence-corrected chi connectivity index (χ2v) is 6.11. The molecule has 0 saturated heterocycles. The molecule has 4 nitrogen and oxygen atoms in total. The van der Waals surface area contributed by atoms with Gasteiger partial charge in [-0.3, -0.25) is 4.79 Å². The maximum atomic E-state index is 12.0. The highest BCUT2D eigenvalue weighted by Gasteiger charge is 2.10. The Morgan fingerprint density at radius 2 is 1.71 bits per heavy atom. The molecule has 3 rings (SSSR count). The van der Waals surface area contributed by atoms with E-state index in [1.807, 2.05) is 48.5 Å². The van der Waals surface area contributed by atoms with Gasteiger partial charge in [-0.1, -0.05) is 52.3 Å². The van der Waals surface area contributed by atoms with Crippen molar-refractivity contribution in [1.29, 1.82) is 0 Å². The van der Waals surface area contributed by atoms with Crippen molar-refractivity contribution in [2.75, 3.05) is 11.9 Å². The van der Waals surface area contributed by atoms with Crippen molar-refractivity contribution in [2.24, 2.45) is 0 Å². The number of amides is 1. The molecular weight excluding hydrogens is 370 g/mol. The van der Waals surface area contributed by atoms with Gasteiger partial charge in [0, 0.05) is 10.2 Å². The monoisotopic (exact) mass is 383 g/mol. The summed E-state index contributed by atoms with van der Waals surface area (Å²) in [6, 6.07) is 20.3. The van der Waals surface area contributed by atoms with E-state index in [0.717, 1.165) is 15.2 Å². The Kier molecular flexibility index (Phi) is 4.91. The molecule has 0 radical (unpaired) electrons. The summed E-state index contributed by atoms with van der Waals surface area (Å²) >= 11 is 3.29. The molecule has 0 atom stereocenters. The van der Waals surface area contributed by atoms with Crippen LogP contribution in [0.25, 0.3) is 10.8 Å². The van der Waals surface area contributed by atoms with Crippen molar-refractivity contribution in [3.05, 3.63) is 76.8 Å². The molecule has 0 aromatic heterocycles. The van der Waals surface area contributed by atoms with E-state index in [-0.39, 0.29) is 12.5 Å². The number of nitrogens with one attached hydrogen (secondary N) is 1. The Labute approximate surface area is 147 Å². The van der Waals surface area contributed by atoms with E-state index in [0.29, 0.717) is 11.3 Å². The van der Waals surface area contributed by atoms with Gasteiger partial charge in [-0.2, -0.15) is 0 Å². The van der Waals surface area contributed by atoms with Crippen LogP contribution in [0.15, 0.2) is 71.2 Å². The number of halogens is 1. The number of rotatable bonds is 4. The van der Waals surface area contributed by atoms with E-state index in [9.17, 15) is 9.59 Å². The van der Waals surface area contributed by atoms with Gasteiger partial charge in [-0.15, -0.1) is 0 Å². The van der Waals surface area contributed by atoms with Gasteiger partial charge in [0.1, 0.15) is 0 Å². The number of esters is 1. The summed E-state index contributed by atoms with van der Waals surface area (Å²) < 4.78 is 5.81. The molecule has 0 aliphatic carbocycles. The smallest absolute Gasteiger partial charge is 0.338 e. The molecule has 1 N–H and O–H groups in total. The number of hydrogen-bond acceptors (Lipinski definition) is 3. The van der Waals surface area contributed by atoms with Crippen LogP contribution in [-0.2, 0) is 9.53 Å². The van der Waals surface area contributed by atoms with E-state index >= 15 is 0 Å². The summed E-state index contributed by atoms with van der Waals surface area (Å²) in [5, 5.41) is 4.85. The topological polar surface area (TPSA) is 55.4 Å². The number of ether oxygens (including phenoxy) is 1. The SMILES string of the molecule is O=C(COC(=O)c1cccc(Br)c1)Nc1ccc2ccccc2c1. The Bertz CT molecular complexity index is 908. The molecule has 0 spiro atoms. The summed E-state index contributed by atoms with van der Waals surface area (Å²) in [6.07, 6.45) is 0. The van der Waals surface area contributed by atoms with Crippen LogP contribution in [0.5, 0.6) is 0 Å². The van der Waals surface area contributed by atoms with Crippen molar-refractivity contribution < 1.29 is 14.3 Å². The van der Waals surface area contributed by atoms with Crippen LogP contribution < -0.4 is 5.32 Å². The molecule has 5 heteroatoms. The molecule has 0 aliphatic rings. The maximum Gasteiger partial charge on any atom is 0.338 e. The zero-order chi connectivity index (χ0) is 16.9. The number of carbonyl (C=O) groups excluding carboxylic acids is 2. The molecule has 0 bridgehead atoms. The van der Waals surface area contributed by atoms with Gasteiger partial charge >= 0.3 is 5.97 Å². The third kappa shape index (κ3) is 4.00. The maximum absolute atomic E-state index is 12.0. The molecular formula is C19H14BrNO3. The predicted molar refractivity (Wildman–Crippen MR) is 97.0 cm³/mol. The van der Waals surface area contributed by atoms with Gasteiger partial charge in [0.05, 0.1) is 5.56 Å². The lowest BCUT2D eigenvalue weighted by Gasteiger charge is -2.08. The number of carbonyl (C=O) groups is 2. The van der Waals surface area contributed by atoms with Gasteiger partial charge < -0.3 is 10.1 Å². The van der Waals surface area contributed by atoms with Crippen molar-refractivity contribution >= 4 is 44.3 Å². The molecule has 24 heavy (non-hydrogen) atoms. The average Bonchev–Trinajstić information content (AvgIpc) is 2.59. The quantitative estimate of drug-likeness (QED) is 0.679. The van der Waals surface area contributed by atoms with Crippen LogP contribution in [0, 0.1) is 0 Å². The minimum atomic E-state index is -0.537. The summed E-state index contributed by atoms with van der Waals surface area (Å²) in [5.74, 6) is -0.918. The van der Waals surface area contributed by atoms with Crippen LogP contribution in [0.2, 0.25) is 0 Å². The summed E-state index contributed by atoms with van der Waals surface area (Å²) in [5.41, 5.74) is 1.06. The van der Waals surface area contributed by atoms with Gasteiger partial charge in [0.2, 0.25) is 0 Å². The largest absolute Gasteiger partial charge is 0.452 e. The fraction of sp³-hybridized carbons (Fsp3) is 0.0526. The van der Waals surface area contributed by atoms with Crippen LogP contribution in [0.4, 0.5) is 5.69 Å². The van der Waals surface area contributed by atoms with Gasteiger partial charge in [0.15, 0.2) is 6.61 Å². The van der Waals surface area contributed by atoms with E-state index in [1.54, 1.807) is 18.2 Å². The minimum Gasteiger partial charge on any atom is -0.452 e. The van der Waals surface area contributed by atoms with Crippen LogP contribution in [-0.4, -0.2) is 18.5 Å². The Morgan fingerprint density at radius 3 is 2.50 bits per heavy atom. The first-order valence-corrected chi connectivity index (χ1v) is 8.12. The second-order valence-electron chi connectivity index (χ2n) is 5.20. The summed E-state index contributed by atoms with van der Waals surface area (Å²) in [7, 11) is 0. The van der Waals surface area contributed by atoms with Crippen molar-refractivity contribution in [3.8, 4) is 0 Å². The first-order valence-electron chi connectivity index (χ1n) is 7.33.